The fraction of sp³-hybridized carbons (Fsp3) is 0.222. The van der Waals surface area contributed by atoms with Crippen LogP contribution in [0.25, 0.3) is 11.3 Å². The predicted octanol–water partition coefficient (Wildman–Crippen LogP) is 5.03. The molecule has 1 aliphatic rings. The van der Waals surface area contributed by atoms with Gasteiger partial charge in [-0.05, 0) is 36.4 Å². The first kappa shape index (κ1) is 15.4. The van der Waals surface area contributed by atoms with Gasteiger partial charge in [0.15, 0.2) is 11.5 Å². The Morgan fingerprint density at radius 1 is 1.29 bits per heavy atom. The van der Waals surface area contributed by atoms with Crippen molar-refractivity contribution < 1.29 is 9.32 Å². The molecule has 6 heteroatoms. The molecule has 0 radical (unpaired) electrons. The molecule has 3 heterocycles. The number of aromatic nitrogens is 1. The van der Waals surface area contributed by atoms with Crippen LogP contribution in [0.2, 0.25) is 5.02 Å². The summed E-state index contributed by atoms with van der Waals surface area (Å²) in [4.78, 5) is 16.0. The zero-order valence-corrected chi connectivity index (χ0v) is 14.4. The number of benzene rings is 1. The molecule has 1 aromatic carbocycles. The van der Waals surface area contributed by atoms with Gasteiger partial charge in [-0.15, -0.1) is 11.3 Å². The number of amides is 1. The molecule has 0 spiro atoms. The molecule has 1 fully saturated rings. The Balaban J connectivity index is 1.59. The van der Waals surface area contributed by atoms with Crippen LogP contribution in [-0.2, 0) is 0 Å². The summed E-state index contributed by atoms with van der Waals surface area (Å²) in [6.45, 7) is 0.751. The maximum absolute atomic E-state index is 12.8. The van der Waals surface area contributed by atoms with E-state index >= 15 is 0 Å². The molecule has 0 saturated carbocycles. The van der Waals surface area contributed by atoms with Crippen LogP contribution >= 0.6 is 22.9 Å². The Morgan fingerprint density at radius 3 is 3.00 bits per heavy atom. The third-order valence-electron chi connectivity index (χ3n) is 4.22. The van der Waals surface area contributed by atoms with Crippen molar-refractivity contribution in [2.45, 2.75) is 18.9 Å². The summed E-state index contributed by atoms with van der Waals surface area (Å²) in [6, 6.07) is 13.3. The Labute approximate surface area is 148 Å². The van der Waals surface area contributed by atoms with E-state index in [9.17, 15) is 4.79 Å². The van der Waals surface area contributed by atoms with E-state index in [-0.39, 0.29) is 11.9 Å². The topological polar surface area (TPSA) is 46.3 Å². The van der Waals surface area contributed by atoms with Crippen molar-refractivity contribution in [2.75, 3.05) is 6.54 Å². The van der Waals surface area contributed by atoms with Gasteiger partial charge < -0.3 is 9.42 Å². The van der Waals surface area contributed by atoms with E-state index in [1.165, 1.54) is 4.88 Å². The number of carbonyl (C=O) groups excluding carboxylic acids is 1. The van der Waals surface area contributed by atoms with Gasteiger partial charge in [0.2, 0.25) is 0 Å². The summed E-state index contributed by atoms with van der Waals surface area (Å²) in [5.41, 5.74) is 1.15. The molecule has 1 saturated heterocycles. The normalized spacial score (nSPS) is 17.4. The Hall–Kier alpha value is -2.11. The summed E-state index contributed by atoms with van der Waals surface area (Å²) < 4.78 is 5.36. The van der Waals surface area contributed by atoms with Gasteiger partial charge in [0.05, 0.1) is 6.04 Å². The standard InChI is InChI=1S/C18H15ClN2O2S/c19-13-5-1-4-12(10-13)16-11-14(20-23-16)18(22)21-8-2-6-15(21)17-7-3-9-24-17/h1,3-5,7,9-11,15H,2,6,8H2/t15-/m0/s1. The molecule has 24 heavy (non-hydrogen) atoms. The Bertz CT molecular complexity index is 860. The van der Waals surface area contributed by atoms with Gasteiger partial charge in [0, 0.05) is 28.1 Å². The molecule has 4 nitrogen and oxygen atoms in total. The lowest BCUT2D eigenvalue weighted by atomic mass is 10.1. The van der Waals surface area contributed by atoms with Crippen LogP contribution in [0.3, 0.4) is 0 Å². The fourth-order valence-electron chi connectivity index (χ4n) is 3.09. The summed E-state index contributed by atoms with van der Waals surface area (Å²) in [5, 5.41) is 6.64. The summed E-state index contributed by atoms with van der Waals surface area (Å²) in [7, 11) is 0. The predicted molar refractivity (Wildman–Crippen MR) is 94.3 cm³/mol. The molecule has 4 rings (SSSR count). The van der Waals surface area contributed by atoms with Crippen molar-refractivity contribution in [3.63, 3.8) is 0 Å². The lowest BCUT2D eigenvalue weighted by molar-refractivity contribution is 0.0727. The van der Waals surface area contributed by atoms with Crippen molar-refractivity contribution in [2.24, 2.45) is 0 Å². The number of halogens is 1. The number of thiophene rings is 1. The quantitative estimate of drug-likeness (QED) is 0.659. The molecule has 0 unspecified atom stereocenters. The monoisotopic (exact) mass is 358 g/mol. The van der Waals surface area contributed by atoms with Crippen LogP contribution in [0, 0.1) is 0 Å². The average Bonchev–Trinajstić information content (AvgIpc) is 3.33. The lowest BCUT2D eigenvalue weighted by Gasteiger charge is -2.22. The van der Waals surface area contributed by atoms with E-state index in [4.69, 9.17) is 16.1 Å². The highest BCUT2D eigenvalue weighted by molar-refractivity contribution is 7.10. The Kier molecular flexibility index (Phi) is 4.12. The molecule has 0 aliphatic carbocycles. The smallest absolute Gasteiger partial charge is 0.276 e. The number of likely N-dealkylation sites (tertiary alicyclic amines) is 1. The molecule has 1 amide bonds. The summed E-state index contributed by atoms with van der Waals surface area (Å²) in [5.74, 6) is 0.468. The maximum Gasteiger partial charge on any atom is 0.276 e. The van der Waals surface area contributed by atoms with E-state index in [0.717, 1.165) is 24.9 Å². The van der Waals surface area contributed by atoms with Crippen LogP contribution in [0.5, 0.6) is 0 Å². The first-order chi connectivity index (χ1) is 11.7. The number of carbonyl (C=O) groups is 1. The van der Waals surface area contributed by atoms with Crippen LogP contribution in [0.15, 0.2) is 52.4 Å². The van der Waals surface area contributed by atoms with Gasteiger partial charge in [0.1, 0.15) is 0 Å². The van der Waals surface area contributed by atoms with Gasteiger partial charge in [-0.3, -0.25) is 4.79 Å². The molecule has 2 aromatic heterocycles. The van der Waals surface area contributed by atoms with Crippen molar-refractivity contribution >= 4 is 28.8 Å². The Morgan fingerprint density at radius 2 is 2.21 bits per heavy atom. The van der Waals surface area contributed by atoms with Crippen molar-refractivity contribution in [1.82, 2.24) is 10.1 Å². The first-order valence-corrected chi connectivity index (χ1v) is 9.05. The lowest BCUT2D eigenvalue weighted by Crippen LogP contribution is -2.30. The van der Waals surface area contributed by atoms with E-state index < -0.39 is 0 Å². The van der Waals surface area contributed by atoms with Gasteiger partial charge in [-0.25, -0.2) is 0 Å². The average molecular weight is 359 g/mol. The summed E-state index contributed by atoms with van der Waals surface area (Å²) >= 11 is 7.70. The van der Waals surface area contributed by atoms with E-state index in [2.05, 4.69) is 11.2 Å². The van der Waals surface area contributed by atoms with Gasteiger partial charge >= 0.3 is 0 Å². The number of hydrogen-bond acceptors (Lipinski definition) is 4. The summed E-state index contributed by atoms with van der Waals surface area (Å²) in [6.07, 6.45) is 2.00. The van der Waals surface area contributed by atoms with E-state index in [1.807, 2.05) is 28.5 Å². The number of nitrogens with zero attached hydrogens (tertiary/aromatic N) is 2. The minimum absolute atomic E-state index is 0.0806. The second-order valence-electron chi connectivity index (χ2n) is 5.76. The SMILES string of the molecule is O=C(c1cc(-c2cccc(Cl)c2)on1)N1CCC[C@H]1c1cccs1. The zero-order chi connectivity index (χ0) is 16.5. The van der Waals surface area contributed by atoms with Gasteiger partial charge in [-0.2, -0.15) is 0 Å². The fourth-order valence-corrected chi connectivity index (χ4v) is 4.15. The van der Waals surface area contributed by atoms with Crippen molar-refractivity contribution in [3.05, 3.63) is 63.4 Å². The molecular weight excluding hydrogens is 344 g/mol. The second kappa shape index (κ2) is 6.42. The first-order valence-electron chi connectivity index (χ1n) is 7.79. The highest BCUT2D eigenvalue weighted by Crippen LogP contribution is 2.35. The number of hydrogen-bond donors (Lipinski definition) is 0. The molecule has 1 aliphatic heterocycles. The third-order valence-corrected chi connectivity index (χ3v) is 5.43. The zero-order valence-electron chi connectivity index (χ0n) is 12.8. The van der Waals surface area contributed by atoms with Crippen LogP contribution in [-0.4, -0.2) is 22.5 Å². The molecule has 0 N–H and O–H groups in total. The van der Waals surface area contributed by atoms with Gasteiger partial charge in [0.25, 0.3) is 5.91 Å². The van der Waals surface area contributed by atoms with Crippen molar-refractivity contribution in [1.29, 1.82) is 0 Å². The largest absolute Gasteiger partial charge is 0.355 e. The number of rotatable bonds is 3. The maximum atomic E-state index is 12.8. The highest BCUT2D eigenvalue weighted by atomic mass is 35.5. The van der Waals surface area contributed by atoms with Crippen LogP contribution in [0.4, 0.5) is 0 Å². The molecule has 122 valence electrons. The molecular formula is C18H15ClN2O2S. The van der Waals surface area contributed by atoms with Crippen LogP contribution < -0.4 is 0 Å². The van der Waals surface area contributed by atoms with Gasteiger partial charge in [-0.1, -0.05) is 35.0 Å². The van der Waals surface area contributed by atoms with Crippen molar-refractivity contribution in [3.8, 4) is 11.3 Å². The van der Waals surface area contributed by atoms with E-state index in [0.29, 0.717) is 16.5 Å². The molecule has 3 aromatic rings. The van der Waals surface area contributed by atoms with Crippen LogP contribution in [0.1, 0.15) is 34.2 Å². The minimum Gasteiger partial charge on any atom is -0.355 e. The second-order valence-corrected chi connectivity index (χ2v) is 7.17. The molecule has 0 bridgehead atoms. The van der Waals surface area contributed by atoms with E-state index in [1.54, 1.807) is 29.5 Å². The highest BCUT2D eigenvalue weighted by Gasteiger charge is 2.32. The third kappa shape index (κ3) is 2.85. The minimum atomic E-state index is -0.0806. The molecule has 1 atom stereocenters.